The summed E-state index contributed by atoms with van der Waals surface area (Å²) in [4.78, 5) is 4.17. The van der Waals surface area contributed by atoms with Crippen LogP contribution in [0.1, 0.15) is 101 Å². The minimum atomic E-state index is 0. The number of thiocarbonyl (C=S) groups is 2. The summed E-state index contributed by atoms with van der Waals surface area (Å²) < 4.78 is 0.978. The Labute approximate surface area is 332 Å². The summed E-state index contributed by atoms with van der Waals surface area (Å²) in [7, 11) is 0. The minimum Gasteiger partial charge on any atom is -0.411 e. The maximum absolute atomic E-state index is 5.47. The molecule has 0 aliphatic carbocycles. The number of benzene rings is 4. The van der Waals surface area contributed by atoms with E-state index in [1.54, 1.807) is 0 Å². The molecule has 0 N–H and O–H groups in total. The Hall–Kier alpha value is -2.28. The van der Waals surface area contributed by atoms with Gasteiger partial charge in [-0.25, -0.2) is 0 Å². The molecule has 0 aliphatic rings. The van der Waals surface area contributed by atoms with Gasteiger partial charge >= 0.3 is 19.5 Å². The fourth-order valence-electron chi connectivity index (χ4n) is 5.88. The van der Waals surface area contributed by atoms with E-state index < -0.39 is 0 Å². The third kappa shape index (κ3) is 13.1. The molecule has 0 unspecified atom stereocenters. The number of para-hydroxylation sites is 4. The van der Waals surface area contributed by atoms with Crippen LogP contribution in [-0.4, -0.2) is 8.64 Å². The van der Waals surface area contributed by atoms with Crippen molar-refractivity contribution in [3.05, 3.63) is 119 Å². The molecule has 0 radical (unpaired) electrons. The fraction of sp³-hybridized carbons (Fsp3) is 0.381. The van der Waals surface area contributed by atoms with Gasteiger partial charge in [-0.15, -0.1) is 0 Å². The van der Waals surface area contributed by atoms with Crippen LogP contribution in [-0.2, 0) is 70.4 Å². The van der Waals surface area contributed by atoms with E-state index in [1.807, 2.05) is 0 Å². The second kappa shape index (κ2) is 24.0. The fourth-order valence-corrected chi connectivity index (χ4v) is 6.67. The van der Waals surface area contributed by atoms with Gasteiger partial charge in [-0.2, -0.15) is 0 Å². The van der Waals surface area contributed by atoms with E-state index in [4.69, 9.17) is 49.7 Å². The predicted octanol–water partition coefficient (Wildman–Crippen LogP) is 12.7. The zero-order chi connectivity index (χ0) is 34.7. The zero-order valence-electron chi connectivity index (χ0n) is 30.0. The van der Waals surface area contributed by atoms with Gasteiger partial charge in [0.05, 0.1) is 0 Å². The van der Waals surface area contributed by atoms with Crippen molar-refractivity contribution in [2.24, 2.45) is 0 Å². The van der Waals surface area contributed by atoms with Gasteiger partial charge in [-0.1, -0.05) is 135 Å². The first-order valence-electron chi connectivity index (χ1n) is 17.7. The van der Waals surface area contributed by atoms with Crippen LogP contribution in [0.15, 0.2) is 97.1 Å². The molecule has 2 nitrogen and oxygen atoms in total. The van der Waals surface area contributed by atoms with Crippen LogP contribution >= 0.6 is 24.4 Å². The van der Waals surface area contributed by atoms with Gasteiger partial charge in [0.15, 0.2) is 0 Å². The number of unbranched alkanes of at least 4 members (excludes halogenated alkanes) is 4. The molecule has 4 aromatic carbocycles. The molecule has 0 bridgehead atoms. The molecule has 4 rings (SSSR count). The molecule has 0 spiro atoms. The van der Waals surface area contributed by atoms with Crippen molar-refractivity contribution in [1.29, 1.82) is 0 Å². The Kier molecular flexibility index (Phi) is 21.0. The maximum Gasteiger partial charge on any atom is 2.00 e. The van der Waals surface area contributed by atoms with Crippen molar-refractivity contribution in [3.63, 3.8) is 0 Å². The van der Waals surface area contributed by atoms with Crippen molar-refractivity contribution in [2.75, 3.05) is 9.80 Å². The average molecular weight is 779 g/mol. The van der Waals surface area contributed by atoms with E-state index in [2.05, 4.69) is 135 Å². The minimum absolute atomic E-state index is 0. The summed E-state index contributed by atoms with van der Waals surface area (Å²) in [5.74, 6) is 0. The SMILES string of the molecule is CCCCc1ccccc1N(C(=S)[S-])c1ccccc1CCCC.CCCCc1ccccc1N(C(=S)[S-])c1ccccc1CCCC.[Zn+2]. The van der Waals surface area contributed by atoms with Gasteiger partial charge in [0.25, 0.3) is 0 Å². The van der Waals surface area contributed by atoms with Crippen LogP contribution in [0.5, 0.6) is 0 Å². The molecule has 7 heteroatoms. The summed E-state index contributed by atoms with van der Waals surface area (Å²) in [6, 6.07) is 34.0. The largest absolute Gasteiger partial charge is 2.00 e. The van der Waals surface area contributed by atoms with Crippen molar-refractivity contribution < 1.29 is 19.5 Å². The summed E-state index contributed by atoms with van der Waals surface area (Å²) in [6.45, 7) is 8.88. The third-order valence-electron chi connectivity index (χ3n) is 8.49. The van der Waals surface area contributed by atoms with Crippen LogP contribution in [0.4, 0.5) is 22.7 Å². The third-order valence-corrected chi connectivity index (χ3v) is 9.22. The second-order valence-corrected chi connectivity index (χ2v) is 14.2. The first-order valence-corrected chi connectivity index (χ1v) is 19.3. The molecule has 0 atom stereocenters. The van der Waals surface area contributed by atoms with Gasteiger partial charge in [-0.3, -0.25) is 0 Å². The quantitative estimate of drug-likeness (QED) is 0.0630. The molecule has 4 aromatic rings. The summed E-state index contributed by atoms with van der Waals surface area (Å²) >= 11 is 21.9. The van der Waals surface area contributed by atoms with Crippen molar-refractivity contribution >= 4 is 81.1 Å². The molecule has 0 saturated heterocycles. The summed E-state index contributed by atoms with van der Waals surface area (Å²) in [5, 5.41) is 0. The van der Waals surface area contributed by atoms with Crippen LogP contribution in [0, 0.1) is 0 Å². The van der Waals surface area contributed by atoms with Crippen molar-refractivity contribution in [1.82, 2.24) is 0 Å². The van der Waals surface area contributed by atoms with Crippen molar-refractivity contribution in [2.45, 2.75) is 105 Å². The number of hydrogen-bond acceptors (Lipinski definition) is 4. The monoisotopic (exact) mass is 776 g/mol. The Morgan fingerprint density at radius 1 is 0.429 bits per heavy atom. The number of hydrogen-bond donors (Lipinski definition) is 0. The van der Waals surface area contributed by atoms with Gasteiger partial charge in [0.1, 0.15) is 0 Å². The molecule has 49 heavy (non-hydrogen) atoms. The average Bonchev–Trinajstić information content (AvgIpc) is 3.10. The standard InChI is InChI=1S/2C21H27NS2.Zn/c2*1-3-5-11-17-13-7-9-15-19(17)22(21(23)24)20-16-10-8-14-18(20)12-6-4-2;/h2*7-10,13-16H,3-6,11-12H2,1-2H3,(H,23,24);/q;;+2/p-2. The van der Waals surface area contributed by atoms with E-state index in [-0.39, 0.29) is 19.5 Å². The van der Waals surface area contributed by atoms with Gasteiger partial charge in [-0.05, 0) is 97.9 Å². The normalized spacial score (nSPS) is 10.4. The molecule has 0 saturated carbocycles. The zero-order valence-corrected chi connectivity index (χ0v) is 36.2. The Balaban J connectivity index is 0.000000333. The Morgan fingerprint density at radius 2 is 0.633 bits per heavy atom. The first kappa shape index (κ1) is 42.9. The molecule has 0 aromatic heterocycles. The smallest absolute Gasteiger partial charge is 0.411 e. The van der Waals surface area contributed by atoms with Crippen LogP contribution in [0.25, 0.3) is 0 Å². The number of aryl methyl sites for hydroxylation is 4. The molecular weight excluding hydrogens is 726 g/mol. The van der Waals surface area contributed by atoms with Crippen LogP contribution < -0.4 is 9.80 Å². The maximum atomic E-state index is 5.47. The van der Waals surface area contributed by atoms with E-state index in [1.165, 1.54) is 73.6 Å². The number of nitrogens with zero attached hydrogens (tertiary/aromatic N) is 2. The summed E-state index contributed by atoms with van der Waals surface area (Å²) in [5.41, 5.74) is 9.80. The van der Waals surface area contributed by atoms with Gasteiger partial charge in [0.2, 0.25) is 0 Å². The predicted molar refractivity (Wildman–Crippen MR) is 224 cm³/mol. The summed E-state index contributed by atoms with van der Waals surface area (Å²) in [6.07, 6.45) is 13.6. The number of anilines is 4. The molecule has 0 fully saturated rings. The van der Waals surface area contributed by atoms with Gasteiger partial charge < -0.3 is 59.5 Å². The number of rotatable bonds is 16. The van der Waals surface area contributed by atoms with E-state index in [0.717, 1.165) is 48.4 Å². The van der Waals surface area contributed by atoms with Crippen molar-refractivity contribution in [3.8, 4) is 0 Å². The van der Waals surface area contributed by atoms with E-state index in [9.17, 15) is 0 Å². The van der Waals surface area contributed by atoms with E-state index >= 15 is 0 Å². The molecule has 0 heterocycles. The van der Waals surface area contributed by atoms with E-state index in [0.29, 0.717) is 8.64 Å². The topological polar surface area (TPSA) is 6.48 Å². The molecular formula is C42H52N2S4Zn. The second-order valence-electron chi connectivity index (χ2n) is 12.1. The molecule has 0 aliphatic heterocycles. The van der Waals surface area contributed by atoms with Crippen LogP contribution in [0.3, 0.4) is 0 Å². The molecule has 256 valence electrons. The van der Waals surface area contributed by atoms with Gasteiger partial charge in [0, 0.05) is 22.7 Å². The van der Waals surface area contributed by atoms with Crippen LogP contribution in [0.2, 0.25) is 0 Å². The Bertz CT molecular complexity index is 1350. The first-order chi connectivity index (χ1) is 23.4. The Morgan fingerprint density at radius 3 is 0.816 bits per heavy atom. The molecule has 0 amide bonds.